The Morgan fingerprint density at radius 1 is 1.45 bits per heavy atom. The minimum Gasteiger partial charge on any atom is -0.259 e. The molecule has 0 aliphatic carbocycles. The first kappa shape index (κ1) is 12.8. The zero-order valence-corrected chi connectivity index (χ0v) is 8.15. The van der Waals surface area contributed by atoms with Crippen molar-refractivity contribution in [3.63, 3.8) is 0 Å². The van der Waals surface area contributed by atoms with E-state index in [0.29, 0.717) is 0 Å². The Morgan fingerprint density at radius 2 is 1.91 bits per heavy atom. The summed E-state index contributed by atoms with van der Waals surface area (Å²) in [5.74, 6) is 0. The second kappa shape index (κ2) is 9.15. The van der Waals surface area contributed by atoms with Gasteiger partial charge in [0.1, 0.15) is 0 Å². The summed E-state index contributed by atoms with van der Waals surface area (Å²) in [6.45, 7) is 15.2. The monoisotopic (exact) mass is 153 g/mol. The molecule has 64 valence electrons. The number of allylic oxidation sites excluding steroid dienone is 2. The van der Waals surface area contributed by atoms with Crippen LogP contribution in [0.15, 0.2) is 29.9 Å². The Kier molecular flexibility index (Phi) is 10.6. The number of hydrogen-bond acceptors (Lipinski definition) is 1. The van der Waals surface area contributed by atoms with Crippen LogP contribution in [-0.2, 0) is 0 Å². The summed E-state index contributed by atoms with van der Waals surface area (Å²) in [4.78, 5) is 4.12. The van der Waals surface area contributed by atoms with Crippen molar-refractivity contribution in [2.24, 2.45) is 4.99 Å². The molecule has 0 fully saturated rings. The minimum absolute atomic E-state index is 0.840. The van der Waals surface area contributed by atoms with Crippen LogP contribution in [0.2, 0.25) is 0 Å². The zero-order valence-electron chi connectivity index (χ0n) is 8.15. The van der Waals surface area contributed by atoms with Gasteiger partial charge in [-0.1, -0.05) is 33.9 Å². The lowest BCUT2D eigenvalue weighted by atomic mass is 10.3. The van der Waals surface area contributed by atoms with E-state index in [0.717, 1.165) is 17.8 Å². The van der Waals surface area contributed by atoms with Crippen molar-refractivity contribution in [3.05, 3.63) is 24.9 Å². The van der Waals surface area contributed by atoms with Crippen molar-refractivity contribution < 1.29 is 0 Å². The van der Waals surface area contributed by atoms with Gasteiger partial charge in [-0.15, -0.1) is 0 Å². The van der Waals surface area contributed by atoms with Crippen LogP contribution in [-0.4, -0.2) is 5.71 Å². The topological polar surface area (TPSA) is 12.4 Å². The van der Waals surface area contributed by atoms with E-state index in [1.165, 1.54) is 0 Å². The molecule has 11 heavy (non-hydrogen) atoms. The van der Waals surface area contributed by atoms with Crippen molar-refractivity contribution >= 4 is 5.71 Å². The lowest BCUT2D eigenvalue weighted by Gasteiger charge is -1.93. The third kappa shape index (κ3) is 9.15. The fraction of sp³-hybridized carbons (Fsp3) is 0.500. The molecule has 0 radical (unpaired) electrons. The van der Waals surface area contributed by atoms with Gasteiger partial charge in [0.2, 0.25) is 0 Å². The highest BCUT2D eigenvalue weighted by atomic mass is 14.7. The summed E-state index contributed by atoms with van der Waals surface area (Å²) in [7, 11) is 0. The molecular formula is C10H19N. The second-order valence-corrected chi connectivity index (χ2v) is 1.90. The molecule has 0 rings (SSSR count). The first-order chi connectivity index (χ1) is 5.20. The van der Waals surface area contributed by atoms with E-state index in [9.17, 15) is 0 Å². The van der Waals surface area contributed by atoms with E-state index in [2.05, 4.69) is 18.2 Å². The number of aliphatic imine (C=N–C) groups is 1. The lowest BCUT2D eigenvalue weighted by Crippen LogP contribution is -1.88. The van der Waals surface area contributed by atoms with E-state index >= 15 is 0 Å². The Morgan fingerprint density at radius 3 is 2.00 bits per heavy atom. The van der Waals surface area contributed by atoms with Crippen molar-refractivity contribution in [2.75, 3.05) is 0 Å². The highest BCUT2D eigenvalue weighted by Gasteiger charge is 1.85. The first-order valence-electron chi connectivity index (χ1n) is 4.06. The van der Waals surface area contributed by atoms with Crippen LogP contribution < -0.4 is 0 Å². The van der Waals surface area contributed by atoms with Crippen LogP contribution in [0.3, 0.4) is 0 Å². The van der Waals surface area contributed by atoms with Gasteiger partial charge >= 0.3 is 0 Å². The molecule has 1 heteroatoms. The molecule has 0 spiro atoms. The van der Waals surface area contributed by atoms with Crippen LogP contribution in [0.25, 0.3) is 0 Å². The average Bonchev–Trinajstić information content (AvgIpc) is 2.03. The van der Waals surface area contributed by atoms with Crippen LogP contribution in [0.4, 0.5) is 0 Å². The van der Waals surface area contributed by atoms with E-state index in [-0.39, 0.29) is 0 Å². The second-order valence-electron chi connectivity index (χ2n) is 1.90. The van der Waals surface area contributed by atoms with E-state index in [4.69, 9.17) is 0 Å². The summed E-state index contributed by atoms with van der Waals surface area (Å²) < 4.78 is 0. The van der Waals surface area contributed by atoms with Gasteiger partial charge in [0.25, 0.3) is 0 Å². The van der Waals surface area contributed by atoms with Crippen molar-refractivity contribution in [1.29, 1.82) is 0 Å². The third-order valence-electron chi connectivity index (χ3n) is 0.932. The van der Waals surface area contributed by atoms with E-state index in [1.54, 1.807) is 6.08 Å². The fourth-order valence-corrected chi connectivity index (χ4v) is 0.514. The summed E-state index contributed by atoms with van der Waals surface area (Å²) in [6, 6.07) is 0. The summed E-state index contributed by atoms with van der Waals surface area (Å²) >= 11 is 0. The molecule has 0 saturated heterocycles. The maximum absolute atomic E-state index is 4.12. The Bertz CT molecular complexity index is 143. The highest BCUT2D eigenvalue weighted by molar-refractivity contribution is 5.94. The number of hydrogen-bond donors (Lipinski definition) is 0. The third-order valence-corrected chi connectivity index (χ3v) is 0.932. The molecule has 0 heterocycles. The van der Waals surface area contributed by atoms with Crippen LogP contribution >= 0.6 is 0 Å². The Balaban J connectivity index is 0. The molecule has 0 saturated carbocycles. The lowest BCUT2D eigenvalue weighted by molar-refractivity contribution is 1.23. The average molecular weight is 153 g/mol. The highest BCUT2D eigenvalue weighted by Crippen LogP contribution is 1.94. The van der Waals surface area contributed by atoms with Crippen LogP contribution in [0.1, 0.15) is 34.1 Å². The molecule has 0 unspecified atom stereocenters. The molecule has 0 atom stereocenters. The molecule has 0 aromatic carbocycles. The summed E-state index contributed by atoms with van der Waals surface area (Å²) in [5, 5.41) is 0. The molecule has 0 bridgehead atoms. The van der Waals surface area contributed by atoms with Crippen molar-refractivity contribution in [1.82, 2.24) is 0 Å². The van der Waals surface area contributed by atoms with Gasteiger partial charge in [0, 0.05) is 11.4 Å². The van der Waals surface area contributed by atoms with Crippen molar-refractivity contribution in [3.8, 4) is 0 Å². The quantitative estimate of drug-likeness (QED) is 0.549. The molecule has 0 aromatic heterocycles. The summed E-state index contributed by atoms with van der Waals surface area (Å²) in [6.07, 6.45) is 2.69. The predicted molar refractivity (Wildman–Crippen MR) is 54.1 cm³/mol. The van der Waals surface area contributed by atoms with Gasteiger partial charge in [0.15, 0.2) is 0 Å². The zero-order chi connectivity index (χ0) is 9.28. The van der Waals surface area contributed by atoms with Crippen LogP contribution in [0.5, 0.6) is 0 Å². The molecule has 1 nitrogen and oxygen atoms in total. The van der Waals surface area contributed by atoms with Gasteiger partial charge in [0.05, 0.1) is 0 Å². The SMILES string of the molecule is C=CC(CC)=NC(=C)C.CC. The summed E-state index contributed by atoms with van der Waals surface area (Å²) in [5.41, 5.74) is 1.84. The molecule has 0 aromatic rings. The molecule has 0 N–H and O–H groups in total. The number of rotatable bonds is 3. The van der Waals surface area contributed by atoms with E-state index < -0.39 is 0 Å². The molecule has 0 aliphatic rings. The number of nitrogens with zero attached hydrogens (tertiary/aromatic N) is 1. The molecular weight excluding hydrogens is 134 g/mol. The Labute approximate surface area is 70.5 Å². The molecule has 0 aliphatic heterocycles. The van der Waals surface area contributed by atoms with Gasteiger partial charge in [-0.3, -0.25) is 4.99 Å². The predicted octanol–water partition coefficient (Wildman–Crippen LogP) is 3.58. The van der Waals surface area contributed by atoms with E-state index in [1.807, 2.05) is 27.7 Å². The molecule has 0 amide bonds. The van der Waals surface area contributed by atoms with Gasteiger partial charge in [-0.25, -0.2) is 0 Å². The van der Waals surface area contributed by atoms with Gasteiger partial charge < -0.3 is 0 Å². The van der Waals surface area contributed by atoms with Gasteiger partial charge in [-0.2, -0.15) is 0 Å². The van der Waals surface area contributed by atoms with Gasteiger partial charge in [-0.05, 0) is 19.4 Å². The maximum atomic E-state index is 4.12. The Hall–Kier alpha value is -0.850. The maximum Gasteiger partial charge on any atom is 0.0397 e. The largest absolute Gasteiger partial charge is 0.259 e. The van der Waals surface area contributed by atoms with Crippen LogP contribution in [0, 0.1) is 0 Å². The fourth-order valence-electron chi connectivity index (χ4n) is 0.514. The first-order valence-corrected chi connectivity index (χ1v) is 4.06. The van der Waals surface area contributed by atoms with Crippen molar-refractivity contribution in [2.45, 2.75) is 34.1 Å². The minimum atomic E-state index is 0.840. The smallest absolute Gasteiger partial charge is 0.0397 e. The normalized spacial score (nSPS) is 9.64. The standard InChI is InChI=1S/C8H13N.C2H6/c1-5-8(6-2)9-7(3)4;1-2/h5H,1,3,6H2,2,4H3;1-2H3.